The molecule has 0 heterocycles. The van der Waals surface area contributed by atoms with Crippen LogP contribution in [0.5, 0.6) is 0 Å². The van der Waals surface area contributed by atoms with Gasteiger partial charge in [0.1, 0.15) is 12.2 Å². The second kappa shape index (κ2) is 22.6. The highest BCUT2D eigenvalue weighted by atomic mass is 19.4. The van der Waals surface area contributed by atoms with Crippen molar-refractivity contribution < 1.29 is 46.6 Å². The molecule has 1 atom stereocenters. The van der Waals surface area contributed by atoms with Gasteiger partial charge in [-0.3, -0.25) is 14.4 Å². The van der Waals surface area contributed by atoms with Crippen molar-refractivity contribution in [2.24, 2.45) is 5.41 Å². The van der Waals surface area contributed by atoms with Gasteiger partial charge in [0.2, 0.25) is 5.91 Å². The summed E-state index contributed by atoms with van der Waals surface area (Å²) in [7, 11) is 0. The average molecular weight is 736 g/mol. The fourth-order valence-corrected chi connectivity index (χ4v) is 5.51. The molecule has 1 amide bonds. The molecule has 0 saturated heterocycles. The van der Waals surface area contributed by atoms with Crippen LogP contribution in [0.3, 0.4) is 0 Å². The third-order valence-electron chi connectivity index (χ3n) is 8.00. The summed E-state index contributed by atoms with van der Waals surface area (Å²) in [4.78, 5) is 47.3. The molecule has 0 radical (unpaired) electrons. The summed E-state index contributed by atoms with van der Waals surface area (Å²) < 4.78 is 55.9. The Morgan fingerprint density at radius 3 is 2.25 bits per heavy atom. The van der Waals surface area contributed by atoms with Gasteiger partial charge in [-0.15, -0.1) is 0 Å². The SMILES string of the molecule is C=O.CC.CCOCC(CCOC(=O)Cc1cccc(NC(=O)Cc2ccccc2-c2ccc(C(F)(F)F)cc2)c1)(C(=O)OCC)C1=CC=CCC=C1. The molecule has 1 aliphatic rings. The molecule has 3 aromatic rings. The van der Waals surface area contributed by atoms with Crippen molar-refractivity contribution in [1.82, 2.24) is 0 Å². The first-order valence-electron chi connectivity index (χ1n) is 17.4. The molecule has 0 aliphatic heterocycles. The second-order valence-electron chi connectivity index (χ2n) is 11.4. The molecular formula is C42H48F3NO7. The van der Waals surface area contributed by atoms with Gasteiger partial charge in [-0.2, -0.15) is 13.2 Å². The topological polar surface area (TPSA) is 108 Å². The maximum atomic E-state index is 13.3. The van der Waals surface area contributed by atoms with Crippen LogP contribution < -0.4 is 5.32 Å². The molecule has 11 heteroatoms. The summed E-state index contributed by atoms with van der Waals surface area (Å²) >= 11 is 0. The van der Waals surface area contributed by atoms with E-state index < -0.39 is 29.1 Å². The summed E-state index contributed by atoms with van der Waals surface area (Å²) in [5.74, 6) is -1.29. The predicted octanol–water partition coefficient (Wildman–Crippen LogP) is 8.90. The van der Waals surface area contributed by atoms with Crippen LogP contribution in [0.15, 0.2) is 109 Å². The number of benzene rings is 3. The molecule has 4 rings (SSSR count). The van der Waals surface area contributed by atoms with E-state index in [1.807, 2.05) is 57.9 Å². The summed E-state index contributed by atoms with van der Waals surface area (Å²) in [6.07, 6.45) is 5.89. The molecule has 1 N–H and O–H groups in total. The first-order valence-corrected chi connectivity index (χ1v) is 17.4. The van der Waals surface area contributed by atoms with Crippen LogP contribution in [0, 0.1) is 5.41 Å². The molecule has 53 heavy (non-hydrogen) atoms. The third kappa shape index (κ3) is 13.3. The van der Waals surface area contributed by atoms with E-state index in [9.17, 15) is 27.6 Å². The molecule has 0 spiro atoms. The fraction of sp³-hybridized carbons (Fsp3) is 0.333. The maximum absolute atomic E-state index is 13.3. The molecular weight excluding hydrogens is 687 g/mol. The molecule has 0 aromatic heterocycles. The van der Waals surface area contributed by atoms with E-state index in [0.29, 0.717) is 34.5 Å². The minimum absolute atomic E-state index is 0.0190. The monoisotopic (exact) mass is 735 g/mol. The van der Waals surface area contributed by atoms with Crippen LogP contribution in [0.4, 0.5) is 18.9 Å². The number of rotatable bonds is 15. The van der Waals surface area contributed by atoms with Gasteiger partial charge < -0.3 is 24.3 Å². The molecule has 1 unspecified atom stereocenters. The molecule has 3 aromatic carbocycles. The van der Waals surface area contributed by atoms with Crippen molar-refractivity contribution in [3.8, 4) is 11.1 Å². The van der Waals surface area contributed by atoms with E-state index in [2.05, 4.69) is 5.32 Å². The van der Waals surface area contributed by atoms with Crippen molar-refractivity contribution in [3.05, 3.63) is 125 Å². The van der Waals surface area contributed by atoms with Crippen LogP contribution in [0.25, 0.3) is 11.1 Å². The van der Waals surface area contributed by atoms with E-state index >= 15 is 0 Å². The van der Waals surface area contributed by atoms with Gasteiger partial charge in [0.15, 0.2) is 0 Å². The van der Waals surface area contributed by atoms with E-state index in [-0.39, 0.29) is 45.0 Å². The van der Waals surface area contributed by atoms with Crippen LogP contribution in [0.2, 0.25) is 0 Å². The van der Waals surface area contributed by atoms with Gasteiger partial charge in [-0.25, -0.2) is 0 Å². The van der Waals surface area contributed by atoms with Gasteiger partial charge in [-0.1, -0.05) is 92.8 Å². The summed E-state index contributed by atoms with van der Waals surface area (Å²) in [5.41, 5.74) is 1.76. The number of nitrogens with one attached hydrogen (secondary N) is 1. The Morgan fingerprint density at radius 2 is 1.57 bits per heavy atom. The zero-order valence-corrected chi connectivity index (χ0v) is 30.7. The number of hydrogen-bond donors (Lipinski definition) is 1. The largest absolute Gasteiger partial charge is 0.465 e. The molecule has 1 aliphatic carbocycles. The van der Waals surface area contributed by atoms with Crippen molar-refractivity contribution in [2.75, 3.05) is 31.7 Å². The number of hydrogen-bond acceptors (Lipinski definition) is 7. The van der Waals surface area contributed by atoms with E-state index in [1.54, 1.807) is 55.5 Å². The number of ether oxygens (including phenoxy) is 3. The van der Waals surface area contributed by atoms with E-state index in [4.69, 9.17) is 19.0 Å². The van der Waals surface area contributed by atoms with Crippen molar-refractivity contribution in [3.63, 3.8) is 0 Å². The van der Waals surface area contributed by atoms with Gasteiger partial charge in [0.25, 0.3) is 0 Å². The summed E-state index contributed by atoms with van der Waals surface area (Å²) in [6, 6.07) is 18.7. The molecule has 0 bridgehead atoms. The number of anilines is 1. The van der Waals surface area contributed by atoms with E-state index in [1.165, 1.54) is 12.1 Å². The first-order chi connectivity index (χ1) is 25.6. The Labute approximate surface area is 309 Å². The molecule has 0 fully saturated rings. The minimum atomic E-state index is -4.44. The number of alkyl halides is 3. The lowest BCUT2D eigenvalue weighted by Crippen LogP contribution is -2.40. The van der Waals surface area contributed by atoms with E-state index in [0.717, 1.165) is 24.1 Å². The van der Waals surface area contributed by atoms with Crippen molar-refractivity contribution in [2.45, 2.75) is 59.6 Å². The molecule has 8 nitrogen and oxygen atoms in total. The molecule has 0 saturated carbocycles. The Bertz CT molecular complexity index is 1710. The normalized spacial score (nSPS) is 13.1. The smallest absolute Gasteiger partial charge is 0.416 e. The first kappa shape index (κ1) is 43.9. The lowest BCUT2D eigenvalue weighted by molar-refractivity contribution is -0.159. The highest BCUT2D eigenvalue weighted by molar-refractivity contribution is 5.93. The number of carbonyl (C=O) groups excluding carboxylic acids is 4. The average Bonchev–Trinajstić information content (AvgIpc) is 3.45. The fourth-order valence-electron chi connectivity index (χ4n) is 5.51. The zero-order chi connectivity index (χ0) is 39.3. The van der Waals surface area contributed by atoms with Gasteiger partial charge >= 0.3 is 18.1 Å². The van der Waals surface area contributed by atoms with Crippen LogP contribution in [-0.4, -0.2) is 51.1 Å². The van der Waals surface area contributed by atoms with Crippen LogP contribution in [0.1, 0.15) is 57.2 Å². The number of esters is 2. The Balaban J connectivity index is 0.00000235. The minimum Gasteiger partial charge on any atom is -0.465 e. The van der Waals surface area contributed by atoms with Gasteiger partial charge in [-0.05, 0) is 72.4 Å². The Kier molecular flexibility index (Phi) is 18.7. The number of allylic oxidation sites excluding steroid dienone is 5. The standard InChI is InChI=1S/C39H40F3NO6.C2H6.CH2O/c1-3-47-27-38(37(46)48-4-2,31-14-7-5-6-8-15-31)22-23-49-36(45)25-28-12-11-16-33(24-28)43-35(44)26-30-13-9-10-17-34(30)29-18-20-32(21-19-29)39(40,41)42;2*1-2/h5,7-21,24H,3-4,6,22-23,25-27H2,1-2H3,(H,43,44);1-2H3;1H2. The zero-order valence-electron chi connectivity index (χ0n) is 30.7. The van der Waals surface area contributed by atoms with Gasteiger partial charge in [0.05, 0.1) is 38.2 Å². The van der Waals surface area contributed by atoms with Crippen molar-refractivity contribution >= 4 is 30.3 Å². The second-order valence-corrected chi connectivity index (χ2v) is 11.4. The third-order valence-corrected chi connectivity index (χ3v) is 8.00. The summed E-state index contributed by atoms with van der Waals surface area (Å²) in [6.45, 7) is 10.2. The highest BCUT2D eigenvalue weighted by Gasteiger charge is 2.43. The van der Waals surface area contributed by atoms with Crippen LogP contribution in [-0.2, 0) is 52.4 Å². The Hall–Kier alpha value is -5.29. The van der Waals surface area contributed by atoms with Gasteiger partial charge in [0, 0.05) is 18.7 Å². The number of halogens is 3. The quantitative estimate of drug-likeness (QED) is 0.155. The number of amides is 1. The molecule has 284 valence electrons. The lowest BCUT2D eigenvalue weighted by Gasteiger charge is -2.32. The number of carbonyl (C=O) groups is 4. The summed E-state index contributed by atoms with van der Waals surface area (Å²) in [5, 5.41) is 2.84. The Morgan fingerprint density at radius 1 is 0.849 bits per heavy atom. The van der Waals surface area contributed by atoms with Crippen molar-refractivity contribution in [1.29, 1.82) is 0 Å². The predicted molar refractivity (Wildman–Crippen MR) is 200 cm³/mol. The lowest BCUT2D eigenvalue weighted by atomic mass is 9.77. The van der Waals surface area contributed by atoms with Crippen LogP contribution >= 0.6 is 0 Å². The maximum Gasteiger partial charge on any atom is 0.416 e. The highest BCUT2D eigenvalue weighted by Crippen LogP contribution is 2.36.